The fourth-order valence-electron chi connectivity index (χ4n) is 1.18. The summed E-state index contributed by atoms with van der Waals surface area (Å²) < 4.78 is 63.8. The third-order valence-electron chi connectivity index (χ3n) is 2.06. The van der Waals surface area contributed by atoms with Crippen LogP contribution in [0.4, 0.5) is 22.0 Å². The van der Waals surface area contributed by atoms with E-state index in [1.165, 1.54) is 18.2 Å². The fraction of sp³-hybridized carbons (Fsp3) is 0.273. The van der Waals surface area contributed by atoms with Gasteiger partial charge in [0.15, 0.2) is 12.3 Å². The van der Waals surface area contributed by atoms with Gasteiger partial charge in [-0.15, -0.1) is 0 Å². The quantitative estimate of drug-likeness (QED) is 0.513. The maximum absolute atomic E-state index is 13.4. The van der Waals surface area contributed by atoms with Gasteiger partial charge >= 0.3 is 12.1 Å². The maximum Gasteiger partial charge on any atom is 0.459 e. The number of carbonyl (C=O) groups is 1. The second-order valence-corrected chi connectivity index (χ2v) is 3.62. The van der Waals surface area contributed by atoms with Crippen LogP contribution < -0.4 is 5.73 Å². The number of nitrogens with zero attached hydrogens (tertiary/aromatic N) is 1. The second-order valence-electron chi connectivity index (χ2n) is 3.62. The van der Waals surface area contributed by atoms with Crippen LogP contribution in [0.1, 0.15) is 5.56 Å². The van der Waals surface area contributed by atoms with Crippen molar-refractivity contribution in [3.8, 4) is 0 Å². The molecule has 0 radical (unpaired) electrons. The summed E-state index contributed by atoms with van der Waals surface area (Å²) in [4.78, 5) is 14.5. The molecule has 20 heavy (non-hydrogen) atoms. The first-order valence-electron chi connectivity index (χ1n) is 5.15. The van der Waals surface area contributed by atoms with Crippen molar-refractivity contribution < 1.29 is 31.6 Å². The van der Waals surface area contributed by atoms with Crippen LogP contribution in [0.5, 0.6) is 0 Å². The highest BCUT2D eigenvalue weighted by atomic mass is 19.4. The Morgan fingerprint density at radius 3 is 2.15 bits per heavy atom. The average molecular weight is 296 g/mol. The van der Waals surface area contributed by atoms with Crippen molar-refractivity contribution >= 4 is 11.6 Å². The monoisotopic (exact) mass is 296 g/mol. The lowest BCUT2D eigenvalue weighted by Gasteiger charge is -2.21. The van der Waals surface area contributed by atoms with Crippen molar-refractivity contribution in [2.24, 2.45) is 10.9 Å². The predicted molar refractivity (Wildman–Crippen MR) is 59.1 cm³/mol. The van der Waals surface area contributed by atoms with Crippen molar-refractivity contribution in [2.75, 3.05) is 6.61 Å². The largest absolute Gasteiger partial charge is 0.459 e. The lowest BCUT2D eigenvalue weighted by Crippen LogP contribution is -2.44. The summed E-state index contributed by atoms with van der Waals surface area (Å²) in [6.45, 7) is -0.912. The zero-order chi connectivity index (χ0) is 15.4. The number of hydrogen-bond acceptors (Lipinski definition) is 3. The van der Waals surface area contributed by atoms with E-state index < -0.39 is 35.9 Å². The molecule has 110 valence electrons. The standard InChI is InChI=1S/C11H9F5N2O2/c12-10(13,11(14,15)16)9(18-20-6-8(17)19)7-4-2-1-3-5-7/h1-5H,6H2,(H2,17,19). The van der Waals surface area contributed by atoms with Crippen molar-refractivity contribution in [3.63, 3.8) is 0 Å². The Labute approximate surface area is 110 Å². The predicted octanol–water partition coefficient (Wildman–Crippen LogP) is 2.09. The van der Waals surface area contributed by atoms with Crippen LogP contribution >= 0.6 is 0 Å². The van der Waals surface area contributed by atoms with Gasteiger partial charge in [-0.05, 0) is 0 Å². The number of rotatable bonds is 5. The molecule has 0 aliphatic carbocycles. The van der Waals surface area contributed by atoms with Gasteiger partial charge in [0.2, 0.25) is 0 Å². The van der Waals surface area contributed by atoms with E-state index in [0.29, 0.717) is 0 Å². The first-order chi connectivity index (χ1) is 9.16. The van der Waals surface area contributed by atoms with E-state index in [9.17, 15) is 26.7 Å². The minimum absolute atomic E-state index is 0.487. The van der Waals surface area contributed by atoms with E-state index in [1.807, 2.05) is 0 Å². The molecule has 1 aromatic rings. The molecule has 0 atom stereocenters. The minimum atomic E-state index is -5.85. The Bertz CT molecular complexity index is 499. The van der Waals surface area contributed by atoms with E-state index in [1.54, 1.807) is 0 Å². The van der Waals surface area contributed by atoms with Gasteiger partial charge in [0.25, 0.3) is 5.91 Å². The molecule has 0 saturated carbocycles. The highest BCUT2D eigenvalue weighted by molar-refractivity contribution is 6.05. The third-order valence-corrected chi connectivity index (χ3v) is 2.06. The normalized spacial score (nSPS) is 13.2. The van der Waals surface area contributed by atoms with Gasteiger partial charge in [-0.3, -0.25) is 4.79 Å². The number of primary amides is 1. The second kappa shape index (κ2) is 5.85. The summed E-state index contributed by atoms with van der Waals surface area (Å²) in [5, 5.41) is 2.72. The van der Waals surface area contributed by atoms with Crippen LogP contribution in [-0.2, 0) is 9.63 Å². The summed E-state index contributed by atoms with van der Waals surface area (Å²) in [5.41, 5.74) is 2.54. The first-order valence-corrected chi connectivity index (χ1v) is 5.15. The van der Waals surface area contributed by atoms with Gasteiger partial charge < -0.3 is 10.6 Å². The molecule has 0 bridgehead atoms. The molecule has 0 aliphatic heterocycles. The van der Waals surface area contributed by atoms with E-state index >= 15 is 0 Å². The van der Waals surface area contributed by atoms with E-state index in [4.69, 9.17) is 0 Å². The zero-order valence-electron chi connectivity index (χ0n) is 9.82. The van der Waals surface area contributed by atoms with E-state index in [2.05, 4.69) is 15.7 Å². The van der Waals surface area contributed by atoms with Crippen molar-refractivity contribution in [2.45, 2.75) is 12.1 Å². The number of halogens is 5. The van der Waals surface area contributed by atoms with Gasteiger partial charge in [0.1, 0.15) is 0 Å². The fourth-order valence-corrected chi connectivity index (χ4v) is 1.18. The number of oxime groups is 1. The molecule has 1 amide bonds. The van der Waals surface area contributed by atoms with Crippen molar-refractivity contribution in [1.82, 2.24) is 0 Å². The molecular weight excluding hydrogens is 287 g/mol. The van der Waals surface area contributed by atoms with Gasteiger partial charge in [0, 0.05) is 5.56 Å². The Kier molecular flexibility index (Phi) is 4.64. The Morgan fingerprint density at radius 2 is 1.70 bits per heavy atom. The molecule has 0 heterocycles. The lowest BCUT2D eigenvalue weighted by molar-refractivity contribution is -0.249. The number of amides is 1. The summed E-state index contributed by atoms with van der Waals surface area (Å²) in [7, 11) is 0. The molecule has 0 fully saturated rings. The molecular formula is C11H9F5N2O2. The average Bonchev–Trinajstić information content (AvgIpc) is 2.33. The Balaban J connectivity index is 3.18. The SMILES string of the molecule is NC(=O)CON=C(c1ccccc1)C(F)(F)C(F)(F)F. The summed E-state index contributed by atoms with van der Waals surface area (Å²) >= 11 is 0. The molecule has 4 nitrogen and oxygen atoms in total. The molecule has 0 unspecified atom stereocenters. The van der Waals surface area contributed by atoms with Gasteiger partial charge in [-0.1, -0.05) is 35.5 Å². The summed E-state index contributed by atoms with van der Waals surface area (Å²) in [6, 6.07) is 5.95. The van der Waals surface area contributed by atoms with E-state index in [0.717, 1.165) is 12.1 Å². The maximum atomic E-state index is 13.4. The van der Waals surface area contributed by atoms with Crippen LogP contribution in [-0.4, -0.2) is 30.3 Å². The third kappa shape index (κ3) is 3.65. The number of carbonyl (C=O) groups excluding carboxylic acids is 1. The molecule has 1 aromatic carbocycles. The molecule has 0 spiro atoms. The molecule has 9 heteroatoms. The molecule has 2 N–H and O–H groups in total. The lowest BCUT2D eigenvalue weighted by atomic mass is 10.0. The molecule has 0 saturated heterocycles. The minimum Gasteiger partial charge on any atom is -0.385 e. The number of nitrogens with two attached hydrogens (primary N) is 1. The van der Waals surface area contributed by atoms with Gasteiger partial charge in [0.05, 0.1) is 0 Å². The van der Waals surface area contributed by atoms with Crippen molar-refractivity contribution in [1.29, 1.82) is 0 Å². The Hall–Kier alpha value is -2.19. The van der Waals surface area contributed by atoms with Crippen molar-refractivity contribution in [3.05, 3.63) is 35.9 Å². The summed E-state index contributed by atoms with van der Waals surface area (Å²) in [5.74, 6) is -6.29. The highest BCUT2D eigenvalue weighted by Gasteiger charge is 2.62. The van der Waals surface area contributed by atoms with Gasteiger partial charge in [-0.2, -0.15) is 22.0 Å². The Morgan fingerprint density at radius 1 is 1.15 bits per heavy atom. The molecule has 0 aliphatic rings. The van der Waals surface area contributed by atoms with Crippen LogP contribution in [0.25, 0.3) is 0 Å². The highest BCUT2D eigenvalue weighted by Crippen LogP contribution is 2.38. The smallest absolute Gasteiger partial charge is 0.385 e. The summed E-state index contributed by atoms with van der Waals surface area (Å²) in [6.07, 6.45) is -5.85. The van der Waals surface area contributed by atoms with Gasteiger partial charge in [-0.25, -0.2) is 0 Å². The topological polar surface area (TPSA) is 64.7 Å². The van der Waals surface area contributed by atoms with Crippen LogP contribution in [0, 0.1) is 0 Å². The molecule has 1 rings (SSSR count). The van der Waals surface area contributed by atoms with Crippen LogP contribution in [0.15, 0.2) is 35.5 Å². The molecule has 0 aromatic heterocycles. The zero-order valence-corrected chi connectivity index (χ0v) is 9.82. The number of alkyl halides is 5. The van der Waals surface area contributed by atoms with Crippen LogP contribution in [0.3, 0.4) is 0 Å². The number of benzene rings is 1. The van der Waals surface area contributed by atoms with Crippen LogP contribution in [0.2, 0.25) is 0 Å². The number of hydrogen-bond donors (Lipinski definition) is 1. The van der Waals surface area contributed by atoms with E-state index in [-0.39, 0.29) is 0 Å². The first kappa shape index (κ1) is 15.9.